The highest BCUT2D eigenvalue weighted by molar-refractivity contribution is 6.31. The number of nitrogens with one attached hydrogen (secondary N) is 1. The molecule has 0 atom stereocenters. The molecule has 2 aromatic rings. The molecule has 1 fully saturated rings. The lowest BCUT2D eigenvalue weighted by molar-refractivity contribution is 0.470. The smallest absolute Gasteiger partial charge is 0.0935 e. The van der Waals surface area contributed by atoms with E-state index in [9.17, 15) is 0 Å². The van der Waals surface area contributed by atoms with Gasteiger partial charge in [0.15, 0.2) is 0 Å². The van der Waals surface area contributed by atoms with E-state index >= 15 is 0 Å². The van der Waals surface area contributed by atoms with Crippen molar-refractivity contribution in [3.8, 4) is 0 Å². The van der Waals surface area contributed by atoms with Gasteiger partial charge in [0.2, 0.25) is 0 Å². The molecule has 0 saturated carbocycles. The number of hydrogen-bond donors (Lipinski definition) is 1. The highest BCUT2D eigenvalue weighted by atomic mass is 35.5. The second-order valence-electron chi connectivity index (χ2n) is 3.94. The number of hydrogen-bond acceptors (Lipinski definition) is 3. The van der Waals surface area contributed by atoms with Crippen LogP contribution in [0.2, 0.25) is 5.02 Å². The quantitative estimate of drug-likeness (QED) is 0.809. The Bertz CT molecular complexity index is 502. The lowest BCUT2D eigenvalue weighted by Crippen LogP contribution is -2.49. The summed E-state index contributed by atoms with van der Waals surface area (Å²) in [6, 6.07) is 5.86. The van der Waals surface area contributed by atoms with Crippen molar-refractivity contribution < 1.29 is 0 Å². The Labute approximate surface area is 98.8 Å². The minimum Gasteiger partial charge on any atom is -0.313 e. The van der Waals surface area contributed by atoms with Crippen molar-refractivity contribution in [2.24, 2.45) is 0 Å². The number of nitrogens with zero attached hydrogens (tertiary/aromatic N) is 3. The van der Waals surface area contributed by atoms with Gasteiger partial charge in [0, 0.05) is 36.6 Å². The van der Waals surface area contributed by atoms with Crippen molar-refractivity contribution in [3.05, 3.63) is 29.4 Å². The van der Waals surface area contributed by atoms with E-state index in [4.69, 9.17) is 11.6 Å². The van der Waals surface area contributed by atoms with Gasteiger partial charge >= 0.3 is 0 Å². The van der Waals surface area contributed by atoms with Gasteiger partial charge in [-0.2, -0.15) is 9.89 Å². The maximum absolute atomic E-state index is 6.01. The van der Waals surface area contributed by atoms with Crippen LogP contribution in [0.1, 0.15) is 0 Å². The topological polar surface area (TPSA) is 33.1 Å². The molecule has 0 radical (unpaired) electrons. The van der Waals surface area contributed by atoms with E-state index in [1.807, 2.05) is 29.2 Å². The number of halogens is 1. The van der Waals surface area contributed by atoms with E-state index in [0.29, 0.717) is 0 Å². The maximum atomic E-state index is 6.01. The Morgan fingerprint density at radius 1 is 1.25 bits per heavy atom. The zero-order valence-electron chi connectivity index (χ0n) is 8.86. The van der Waals surface area contributed by atoms with E-state index in [-0.39, 0.29) is 0 Å². The van der Waals surface area contributed by atoms with Crippen molar-refractivity contribution in [1.82, 2.24) is 15.2 Å². The van der Waals surface area contributed by atoms with E-state index in [2.05, 4.69) is 15.4 Å². The molecule has 3 rings (SSSR count). The fourth-order valence-corrected chi connectivity index (χ4v) is 2.21. The van der Waals surface area contributed by atoms with Crippen molar-refractivity contribution in [1.29, 1.82) is 0 Å². The minimum atomic E-state index is 0.754. The first-order chi connectivity index (χ1) is 7.84. The number of rotatable bonds is 1. The Hall–Kier alpha value is -1.26. The fourth-order valence-electron chi connectivity index (χ4n) is 2.05. The van der Waals surface area contributed by atoms with Crippen LogP contribution in [0.25, 0.3) is 10.9 Å². The summed E-state index contributed by atoms with van der Waals surface area (Å²) in [5.41, 5.74) is 1.08. The minimum absolute atomic E-state index is 0.754. The first-order valence-electron chi connectivity index (χ1n) is 5.44. The zero-order valence-corrected chi connectivity index (χ0v) is 9.61. The molecule has 1 aliphatic rings. The molecule has 0 bridgehead atoms. The second-order valence-corrected chi connectivity index (χ2v) is 4.38. The molecule has 0 spiro atoms. The van der Waals surface area contributed by atoms with E-state index in [0.717, 1.165) is 42.1 Å². The number of aromatic nitrogens is 2. The fraction of sp³-hybridized carbons (Fsp3) is 0.364. The normalized spacial score (nSPS) is 16.9. The molecule has 1 aromatic heterocycles. The molecule has 0 amide bonds. The third-order valence-corrected chi connectivity index (χ3v) is 3.11. The monoisotopic (exact) mass is 236 g/mol. The van der Waals surface area contributed by atoms with Crippen molar-refractivity contribution in [2.75, 3.05) is 31.2 Å². The molecule has 84 valence electrons. The van der Waals surface area contributed by atoms with Gasteiger partial charge in [0.05, 0.1) is 11.7 Å². The molecule has 16 heavy (non-hydrogen) atoms. The van der Waals surface area contributed by atoms with Crippen LogP contribution < -0.4 is 10.3 Å². The van der Waals surface area contributed by atoms with Crippen molar-refractivity contribution >= 4 is 22.5 Å². The summed E-state index contributed by atoms with van der Waals surface area (Å²) in [6.07, 6.45) is 1.88. The van der Waals surface area contributed by atoms with Crippen LogP contribution in [0.3, 0.4) is 0 Å². The molecule has 2 heterocycles. The first kappa shape index (κ1) is 9.93. The molecule has 1 aliphatic heterocycles. The largest absolute Gasteiger partial charge is 0.313 e. The van der Waals surface area contributed by atoms with Crippen LogP contribution in [-0.2, 0) is 0 Å². The average molecular weight is 237 g/mol. The van der Waals surface area contributed by atoms with Gasteiger partial charge in [-0.1, -0.05) is 11.6 Å². The van der Waals surface area contributed by atoms with Crippen molar-refractivity contribution in [2.45, 2.75) is 0 Å². The molecule has 5 heteroatoms. The van der Waals surface area contributed by atoms with Gasteiger partial charge < -0.3 is 5.32 Å². The number of piperazine rings is 1. The van der Waals surface area contributed by atoms with Crippen LogP contribution in [0, 0.1) is 0 Å². The summed E-state index contributed by atoms with van der Waals surface area (Å²) in [7, 11) is 0. The van der Waals surface area contributed by atoms with Gasteiger partial charge in [-0.15, -0.1) is 0 Å². The van der Waals surface area contributed by atoms with Crippen LogP contribution >= 0.6 is 11.6 Å². The zero-order chi connectivity index (χ0) is 11.0. The Kier molecular flexibility index (Phi) is 2.46. The van der Waals surface area contributed by atoms with Crippen LogP contribution in [0.4, 0.5) is 0 Å². The molecule has 4 nitrogen and oxygen atoms in total. The maximum Gasteiger partial charge on any atom is 0.0935 e. The Morgan fingerprint density at radius 2 is 2.06 bits per heavy atom. The van der Waals surface area contributed by atoms with E-state index < -0.39 is 0 Å². The predicted octanol–water partition coefficient (Wildman–Crippen LogP) is 1.23. The van der Waals surface area contributed by atoms with Crippen molar-refractivity contribution in [3.63, 3.8) is 0 Å². The number of fused-ring (bicyclic) bond motifs is 1. The summed E-state index contributed by atoms with van der Waals surface area (Å²) in [6.45, 7) is 3.95. The van der Waals surface area contributed by atoms with Gasteiger partial charge in [0.1, 0.15) is 0 Å². The van der Waals surface area contributed by atoms with Gasteiger partial charge in [-0.25, -0.2) is 0 Å². The van der Waals surface area contributed by atoms with Crippen LogP contribution in [0.15, 0.2) is 24.4 Å². The predicted molar refractivity (Wildman–Crippen MR) is 65.6 cm³/mol. The third-order valence-electron chi connectivity index (χ3n) is 2.88. The Balaban J connectivity index is 2.05. The van der Waals surface area contributed by atoms with Gasteiger partial charge in [0.25, 0.3) is 0 Å². The molecule has 0 aliphatic carbocycles. The van der Waals surface area contributed by atoms with Gasteiger partial charge in [-0.05, 0) is 18.2 Å². The SMILES string of the molecule is Clc1ccc2cnn(N3CCNCC3)c2c1. The summed E-state index contributed by atoms with van der Waals surface area (Å²) < 4.78 is 0. The molecule has 1 saturated heterocycles. The van der Waals surface area contributed by atoms with Crippen LogP contribution in [0.5, 0.6) is 0 Å². The molecule has 1 aromatic carbocycles. The van der Waals surface area contributed by atoms with E-state index in [1.165, 1.54) is 0 Å². The molecular weight excluding hydrogens is 224 g/mol. The second kappa shape index (κ2) is 3.96. The summed E-state index contributed by atoms with van der Waals surface area (Å²) in [4.78, 5) is 1.96. The standard InChI is InChI=1S/C11H13ClN4/c12-10-2-1-9-8-14-16(11(9)7-10)15-5-3-13-4-6-15/h1-2,7-8,13H,3-6H2. The summed E-state index contributed by atoms with van der Waals surface area (Å²) in [5.74, 6) is 0. The summed E-state index contributed by atoms with van der Waals surface area (Å²) >= 11 is 6.01. The van der Waals surface area contributed by atoms with E-state index in [1.54, 1.807) is 0 Å². The Morgan fingerprint density at radius 3 is 2.88 bits per heavy atom. The highest BCUT2D eigenvalue weighted by Crippen LogP contribution is 2.19. The third kappa shape index (κ3) is 1.64. The van der Waals surface area contributed by atoms with Crippen LogP contribution in [-0.4, -0.2) is 36.1 Å². The lowest BCUT2D eigenvalue weighted by atomic mass is 10.3. The number of benzene rings is 1. The average Bonchev–Trinajstić information content (AvgIpc) is 2.73. The molecule has 1 N–H and O–H groups in total. The lowest BCUT2D eigenvalue weighted by Gasteiger charge is -2.29. The highest BCUT2D eigenvalue weighted by Gasteiger charge is 2.13. The first-order valence-corrected chi connectivity index (χ1v) is 5.82. The summed E-state index contributed by atoms with van der Waals surface area (Å²) in [5, 5.41) is 11.9. The molecular formula is C11H13ClN4. The molecule has 0 unspecified atom stereocenters. The van der Waals surface area contributed by atoms with Gasteiger partial charge in [-0.3, -0.25) is 5.01 Å².